The third kappa shape index (κ3) is 3.48. The van der Waals surface area contributed by atoms with Crippen LogP contribution in [-0.4, -0.2) is 19.3 Å². The van der Waals surface area contributed by atoms with Crippen LogP contribution in [0.2, 0.25) is 0 Å². The second-order valence-electron chi connectivity index (χ2n) is 5.76. The molecule has 0 aliphatic heterocycles. The molecular formula is C14H23NO3S. The summed E-state index contributed by atoms with van der Waals surface area (Å²) in [5.41, 5.74) is 6.73. The van der Waals surface area contributed by atoms with Crippen LogP contribution >= 0.6 is 0 Å². The van der Waals surface area contributed by atoms with Gasteiger partial charge < -0.3 is 10.8 Å². The number of aromatic hydroxyl groups is 1. The molecule has 5 heteroatoms. The largest absolute Gasteiger partial charge is 0.506 e. The zero-order valence-electron chi connectivity index (χ0n) is 12.0. The maximum Gasteiger partial charge on any atom is 0.182 e. The number of sulfone groups is 1. The zero-order valence-corrected chi connectivity index (χ0v) is 12.8. The molecule has 0 atom stereocenters. The molecule has 0 aliphatic carbocycles. The second kappa shape index (κ2) is 5.51. The topological polar surface area (TPSA) is 80.4 Å². The molecule has 0 aliphatic rings. The molecule has 0 heterocycles. The standard InChI is InChI=1S/C14H23NO3S/c1-5-6-19(17,18)12-8-11(14(2,3)4)7-10(9-15)13(12)16/h7-8,16H,5-6,9,15H2,1-4H3. The number of benzene rings is 1. The average Bonchev–Trinajstić information content (AvgIpc) is 2.27. The first-order chi connectivity index (χ1) is 8.63. The van der Waals surface area contributed by atoms with Crippen LogP contribution in [-0.2, 0) is 21.8 Å². The Labute approximate surface area is 115 Å². The molecule has 0 saturated carbocycles. The fourth-order valence-corrected chi connectivity index (χ4v) is 3.36. The van der Waals surface area contributed by atoms with Crippen LogP contribution in [0.4, 0.5) is 0 Å². The quantitative estimate of drug-likeness (QED) is 0.889. The molecule has 1 aromatic carbocycles. The Bertz CT molecular complexity index is 557. The van der Waals surface area contributed by atoms with Crippen molar-refractivity contribution in [3.05, 3.63) is 23.3 Å². The van der Waals surface area contributed by atoms with Gasteiger partial charge in [0.25, 0.3) is 0 Å². The zero-order chi connectivity index (χ0) is 14.8. The smallest absolute Gasteiger partial charge is 0.182 e. The molecule has 0 radical (unpaired) electrons. The summed E-state index contributed by atoms with van der Waals surface area (Å²) in [4.78, 5) is 0.00206. The lowest BCUT2D eigenvalue weighted by Crippen LogP contribution is -2.15. The van der Waals surface area contributed by atoms with Crippen LogP contribution in [0.3, 0.4) is 0 Å². The van der Waals surface area contributed by atoms with E-state index in [0.717, 1.165) is 5.56 Å². The summed E-state index contributed by atoms with van der Waals surface area (Å²) in [5.74, 6) is -0.179. The van der Waals surface area contributed by atoms with Gasteiger partial charge in [0.15, 0.2) is 9.84 Å². The van der Waals surface area contributed by atoms with E-state index in [2.05, 4.69) is 0 Å². The van der Waals surface area contributed by atoms with E-state index < -0.39 is 9.84 Å². The number of hydrogen-bond acceptors (Lipinski definition) is 4. The van der Waals surface area contributed by atoms with E-state index in [1.165, 1.54) is 0 Å². The minimum Gasteiger partial charge on any atom is -0.506 e. The summed E-state index contributed by atoms with van der Waals surface area (Å²) in [6, 6.07) is 3.35. The first-order valence-electron chi connectivity index (χ1n) is 6.42. The Hall–Kier alpha value is -1.07. The van der Waals surface area contributed by atoms with E-state index in [0.29, 0.717) is 12.0 Å². The second-order valence-corrected chi connectivity index (χ2v) is 7.83. The number of phenolic OH excluding ortho intramolecular Hbond substituents is 1. The van der Waals surface area contributed by atoms with E-state index in [-0.39, 0.29) is 28.4 Å². The van der Waals surface area contributed by atoms with Gasteiger partial charge >= 0.3 is 0 Å². The first kappa shape index (κ1) is 16.0. The lowest BCUT2D eigenvalue weighted by atomic mass is 9.86. The average molecular weight is 285 g/mol. The third-order valence-corrected chi connectivity index (χ3v) is 4.97. The van der Waals surface area contributed by atoms with E-state index >= 15 is 0 Å². The predicted molar refractivity (Wildman–Crippen MR) is 77.0 cm³/mol. The van der Waals surface area contributed by atoms with Crippen LogP contribution in [0.15, 0.2) is 17.0 Å². The van der Waals surface area contributed by atoms with Crippen molar-refractivity contribution in [2.24, 2.45) is 5.73 Å². The van der Waals surface area contributed by atoms with Gasteiger partial charge in [0, 0.05) is 12.1 Å². The molecule has 1 aromatic rings. The summed E-state index contributed by atoms with van der Waals surface area (Å²) in [7, 11) is -3.46. The molecule has 0 spiro atoms. The Kier molecular flexibility index (Phi) is 4.63. The van der Waals surface area contributed by atoms with Crippen molar-refractivity contribution in [3.63, 3.8) is 0 Å². The molecule has 1 rings (SSSR count). The number of rotatable bonds is 4. The Morgan fingerprint density at radius 3 is 2.26 bits per heavy atom. The molecule has 0 saturated heterocycles. The summed E-state index contributed by atoms with van der Waals surface area (Å²) >= 11 is 0. The van der Waals surface area contributed by atoms with Crippen molar-refractivity contribution in [2.75, 3.05) is 5.75 Å². The fourth-order valence-electron chi connectivity index (χ4n) is 1.87. The Morgan fingerprint density at radius 2 is 1.84 bits per heavy atom. The van der Waals surface area contributed by atoms with Gasteiger partial charge in [-0.2, -0.15) is 0 Å². The minimum atomic E-state index is -3.46. The van der Waals surface area contributed by atoms with Crippen molar-refractivity contribution in [1.29, 1.82) is 0 Å². The summed E-state index contributed by atoms with van der Waals surface area (Å²) in [5, 5.41) is 10.1. The van der Waals surface area contributed by atoms with Gasteiger partial charge in [-0.3, -0.25) is 0 Å². The Morgan fingerprint density at radius 1 is 1.26 bits per heavy atom. The van der Waals surface area contributed by atoms with E-state index in [1.807, 2.05) is 20.8 Å². The van der Waals surface area contributed by atoms with E-state index in [1.54, 1.807) is 19.1 Å². The first-order valence-corrected chi connectivity index (χ1v) is 8.08. The lowest BCUT2D eigenvalue weighted by Gasteiger charge is -2.22. The van der Waals surface area contributed by atoms with Crippen LogP contribution < -0.4 is 5.73 Å². The van der Waals surface area contributed by atoms with Gasteiger partial charge in [0.1, 0.15) is 10.6 Å². The highest BCUT2D eigenvalue weighted by molar-refractivity contribution is 7.91. The molecule has 0 unspecified atom stereocenters. The number of nitrogens with two attached hydrogens (primary N) is 1. The van der Waals surface area contributed by atoms with Gasteiger partial charge in [-0.25, -0.2) is 8.42 Å². The molecule has 0 aromatic heterocycles. The van der Waals surface area contributed by atoms with Gasteiger partial charge in [-0.15, -0.1) is 0 Å². The van der Waals surface area contributed by atoms with Crippen LogP contribution in [0.5, 0.6) is 5.75 Å². The van der Waals surface area contributed by atoms with Crippen LogP contribution in [0.1, 0.15) is 45.2 Å². The highest BCUT2D eigenvalue weighted by Crippen LogP contribution is 2.34. The molecule has 108 valence electrons. The third-order valence-electron chi connectivity index (χ3n) is 3.05. The lowest BCUT2D eigenvalue weighted by molar-refractivity contribution is 0.449. The summed E-state index contributed by atoms with van der Waals surface area (Å²) < 4.78 is 24.4. The maximum absolute atomic E-state index is 12.2. The van der Waals surface area contributed by atoms with Crippen LogP contribution in [0, 0.1) is 0 Å². The normalized spacial score (nSPS) is 12.7. The van der Waals surface area contributed by atoms with Crippen molar-refractivity contribution < 1.29 is 13.5 Å². The SMILES string of the molecule is CCCS(=O)(=O)c1cc(C(C)(C)C)cc(CN)c1O. The molecule has 0 bridgehead atoms. The fraction of sp³-hybridized carbons (Fsp3) is 0.571. The van der Waals surface area contributed by atoms with Gasteiger partial charge in [0.05, 0.1) is 5.75 Å². The molecule has 19 heavy (non-hydrogen) atoms. The number of phenols is 1. The highest BCUT2D eigenvalue weighted by Gasteiger charge is 2.24. The van der Waals surface area contributed by atoms with Crippen molar-refractivity contribution in [2.45, 2.75) is 51.0 Å². The summed E-state index contributed by atoms with van der Waals surface area (Å²) in [6.07, 6.45) is 0.513. The summed E-state index contributed by atoms with van der Waals surface area (Å²) in [6.45, 7) is 7.90. The molecule has 4 nitrogen and oxygen atoms in total. The Balaban J connectivity index is 3.56. The molecule has 3 N–H and O–H groups in total. The maximum atomic E-state index is 12.2. The number of hydrogen-bond donors (Lipinski definition) is 2. The van der Waals surface area contributed by atoms with Crippen LogP contribution in [0.25, 0.3) is 0 Å². The van der Waals surface area contributed by atoms with Gasteiger partial charge in [0.2, 0.25) is 0 Å². The van der Waals surface area contributed by atoms with Gasteiger partial charge in [-0.05, 0) is 23.5 Å². The molecule has 0 fully saturated rings. The van der Waals surface area contributed by atoms with Crippen molar-refractivity contribution in [3.8, 4) is 5.75 Å². The predicted octanol–water partition coefficient (Wildman–Crippen LogP) is 2.33. The monoisotopic (exact) mass is 285 g/mol. The highest BCUT2D eigenvalue weighted by atomic mass is 32.2. The molecular weight excluding hydrogens is 262 g/mol. The molecule has 0 amide bonds. The minimum absolute atomic E-state index is 0.00206. The van der Waals surface area contributed by atoms with Crippen molar-refractivity contribution in [1.82, 2.24) is 0 Å². The van der Waals surface area contributed by atoms with Crippen molar-refractivity contribution >= 4 is 9.84 Å². The van der Waals surface area contributed by atoms with E-state index in [9.17, 15) is 13.5 Å². The van der Waals surface area contributed by atoms with Gasteiger partial charge in [-0.1, -0.05) is 33.8 Å². The van der Waals surface area contributed by atoms with E-state index in [4.69, 9.17) is 5.73 Å².